The molecule has 1 aromatic carbocycles. The molecular weight excluding hydrogens is 628 g/mol. The van der Waals surface area contributed by atoms with Crippen molar-refractivity contribution >= 4 is 55.0 Å². The summed E-state index contributed by atoms with van der Waals surface area (Å²) >= 11 is 3.55. The van der Waals surface area contributed by atoms with E-state index < -0.39 is 41.6 Å². The van der Waals surface area contributed by atoms with Crippen molar-refractivity contribution < 1.29 is 35.9 Å². The van der Waals surface area contributed by atoms with Crippen LogP contribution in [0, 0.1) is 0 Å². The van der Waals surface area contributed by atoms with Crippen LogP contribution in [0.5, 0.6) is 0 Å². The van der Waals surface area contributed by atoms with Crippen molar-refractivity contribution in [1.29, 1.82) is 0 Å². The van der Waals surface area contributed by atoms with Crippen LogP contribution >= 0.6 is 27.3 Å². The fraction of sp³-hybridized carbons (Fsp3) is 0.280. The molecule has 4 aromatic rings. The summed E-state index contributed by atoms with van der Waals surface area (Å²) in [6.45, 7) is 1.33. The Balaban J connectivity index is 1.65. The van der Waals surface area contributed by atoms with E-state index in [-0.39, 0.29) is 42.4 Å². The molecule has 3 heterocycles. The zero-order valence-electron chi connectivity index (χ0n) is 20.3. The Morgan fingerprint density at radius 2 is 1.77 bits per heavy atom. The maximum atomic E-state index is 13.7. The van der Waals surface area contributed by atoms with Gasteiger partial charge in [-0.05, 0) is 52.9 Å². The number of hydrogen-bond donors (Lipinski definition) is 2. The number of halogens is 7. The van der Waals surface area contributed by atoms with Crippen LogP contribution in [0.3, 0.4) is 0 Å². The molecule has 3 N–H and O–H groups in total. The zero-order valence-corrected chi connectivity index (χ0v) is 22.7. The number of alkyl halides is 6. The number of benzene rings is 1. The molecule has 7 nitrogen and oxygen atoms in total. The Morgan fingerprint density at radius 1 is 1.12 bits per heavy atom. The number of pyridine rings is 1. The second-order valence-electron chi connectivity index (χ2n) is 9.20. The summed E-state index contributed by atoms with van der Waals surface area (Å²) in [4.78, 5) is 29.0. The molecule has 5 rings (SSSR count). The maximum Gasteiger partial charge on any atom is 0.436 e. The van der Waals surface area contributed by atoms with Crippen molar-refractivity contribution in [2.75, 3.05) is 5.32 Å². The van der Waals surface area contributed by atoms with Crippen molar-refractivity contribution in [3.8, 4) is 11.1 Å². The summed E-state index contributed by atoms with van der Waals surface area (Å²) in [6, 6.07) is 7.47. The number of thiophene rings is 1. The first kappa shape index (κ1) is 28.1. The summed E-state index contributed by atoms with van der Waals surface area (Å²) in [6.07, 6.45) is -8.36. The first-order chi connectivity index (χ1) is 18.7. The molecule has 0 radical (unpaired) electrons. The molecule has 0 spiro atoms. The van der Waals surface area contributed by atoms with Gasteiger partial charge in [0, 0.05) is 11.3 Å². The van der Waals surface area contributed by atoms with Gasteiger partial charge in [0.05, 0.1) is 15.9 Å². The molecule has 0 saturated heterocycles. The highest BCUT2D eigenvalue weighted by molar-refractivity contribution is 9.10. The predicted octanol–water partition coefficient (Wildman–Crippen LogP) is 7.14. The molecule has 1 unspecified atom stereocenters. The van der Waals surface area contributed by atoms with Crippen LogP contribution in [0.4, 0.5) is 32.0 Å². The number of nitrogens with two attached hydrogens (primary N) is 1. The van der Waals surface area contributed by atoms with Gasteiger partial charge in [0.1, 0.15) is 21.4 Å². The van der Waals surface area contributed by atoms with Crippen molar-refractivity contribution in [3.63, 3.8) is 0 Å². The Bertz CT molecular complexity index is 1640. The lowest BCUT2D eigenvalue weighted by molar-refractivity contribution is -0.142. The molecule has 1 saturated carbocycles. The quantitative estimate of drug-likeness (QED) is 0.218. The molecule has 1 atom stereocenters. The van der Waals surface area contributed by atoms with E-state index >= 15 is 0 Å². The molecule has 2 amide bonds. The van der Waals surface area contributed by atoms with Gasteiger partial charge in [0.25, 0.3) is 5.91 Å². The van der Waals surface area contributed by atoms with Crippen LogP contribution in [0.2, 0.25) is 0 Å². The van der Waals surface area contributed by atoms with Crippen molar-refractivity contribution in [2.24, 2.45) is 5.73 Å². The largest absolute Gasteiger partial charge is 0.436 e. The van der Waals surface area contributed by atoms with Crippen LogP contribution in [0.25, 0.3) is 21.3 Å². The fourth-order valence-electron chi connectivity index (χ4n) is 4.35. The standard InChI is InChI=1S/C25H18BrF6N5O2S/c1-10(37-18(12-7-8-12)16(26)20(36-37)25(30,31)32)22(39)35-17-15-13(11-5-3-2-4-6-11)9-14(24(27,28)29)34-23(15)40-19(17)21(33)38/h2-6,9-10,12H,7-8H2,1H3,(H2,33,38)(H,35,39). The van der Waals surface area contributed by atoms with E-state index in [1.54, 1.807) is 30.3 Å². The lowest BCUT2D eigenvalue weighted by atomic mass is 10.0. The fourth-order valence-corrected chi connectivity index (χ4v) is 6.16. The number of primary amides is 1. The highest BCUT2D eigenvalue weighted by Crippen LogP contribution is 2.48. The van der Waals surface area contributed by atoms with E-state index in [4.69, 9.17) is 5.73 Å². The molecule has 0 aliphatic heterocycles. The third-order valence-corrected chi connectivity index (χ3v) is 8.26. The second-order valence-corrected chi connectivity index (χ2v) is 11.0. The number of carbonyl (C=O) groups is 2. The minimum absolute atomic E-state index is 0.0319. The van der Waals surface area contributed by atoms with E-state index in [0.29, 0.717) is 29.7 Å². The lowest BCUT2D eigenvalue weighted by Crippen LogP contribution is -2.27. The van der Waals surface area contributed by atoms with Gasteiger partial charge in [-0.25, -0.2) is 4.98 Å². The SMILES string of the molecule is CC(C(=O)Nc1c(C(N)=O)sc2nc(C(F)(F)F)cc(-c3ccccc3)c12)n1nc(C(F)(F)F)c(Br)c1C1CC1. The number of hydrogen-bond acceptors (Lipinski definition) is 5. The van der Waals surface area contributed by atoms with Crippen LogP contribution < -0.4 is 11.1 Å². The number of aromatic nitrogens is 3. The molecule has 40 heavy (non-hydrogen) atoms. The second kappa shape index (κ2) is 9.87. The number of fused-ring (bicyclic) bond motifs is 1. The average Bonchev–Trinajstić information content (AvgIpc) is 3.55. The Kier molecular flexibility index (Phi) is 6.93. The molecule has 1 fully saturated rings. The lowest BCUT2D eigenvalue weighted by Gasteiger charge is -2.17. The molecule has 210 valence electrons. The number of nitrogens with zero attached hydrogens (tertiary/aromatic N) is 3. The average molecular weight is 646 g/mol. The Hall–Kier alpha value is -3.46. The van der Waals surface area contributed by atoms with Crippen LogP contribution in [0.1, 0.15) is 58.5 Å². The predicted molar refractivity (Wildman–Crippen MR) is 139 cm³/mol. The molecular formula is C25H18BrF6N5O2S. The normalized spacial score (nSPS) is 14.9. The highest BCUT2D eigenvalue weighted by atomic mass is 79.9. The van der Waals surface area contributed by atoms with Crippen molar-refractivity contribution in [1.82, 2.24) is 14.8 Å². The van der Waals surface area contributed by atoms with E-state index in [2.05, 4.69) is 31.3 Å². The number of amides is 2. The molecule has 1 aliphatic rings. The number of rotatable bonds is 6. The van der Waals surface area contributed by atoms with Gasteiger partial charge in [0.2, 0.25) is 5.91 Å². The summed E-state index contributed by atoms with van der Waals surface area (Å²) in [5.41, 5.74) is 3.54. The van der Waals surface area contributed by atoms with E-state index in [9.17, 15) is 35.9 Å². The summed E-state index contributed by atoms with van der Waals surface area (Å²) in [5.74, 6) is -2.11. The van der Waals surface area contributed by atoms with Gasteiger partial charge in [-0.1, -0.05) is 30.3 Å². The van der Waals surface area contributed by atoms with Gasteiger partial charge < -0.3 is 11.1 Å². The van der Waals surface area contributed by atoms with Gasteiger partial charge in [-0.2, -0.15) is 31.4 Å². The smallest absolute Gasteiger partial charge is 0.365 e. The maximum absolute atomic E-state index is 13.7. The summed E-state index contributed by atoms with van der Waals surface area (Å²) < 4.78 is 82.6. The third kappa shape index (κ3) is 5.07. The Morgan fingerprint density at radius 3 is 2.33 bits per heavy atom. The number of nitrogens with one attached hydrogen (secondary N) is 1. The minimum Gasteiger partial charge on any atom is -0.365 e. The third-order valence-electron chi connectivity index (χ3n) is 6.38. The number of carbonyl (C=O) groups excluding carboxylic acids is 2. The molecule has 15 heteroatoms. The van der Waals surface area contributed by atoms with Crippen LogP contribution in [0.15, 0.2) is 40.9 Å². The minimum atomic E-state index is -4.81. The summed E-state index contributed by atoms with van der Waals surface area (Å²) in [5, 5.41) is 6.24. The first-order valence-electron chi connectivity index (χ1n) is 11.7. The van der Waals surface area contributed by atoms with E-state index in [1.807, 2.05) is 0 Å². The van der Waals surface area contributed by atoms with Crippen molar-refractivity contribution in [2.45, 2.75) is 44.1 Å². The Labute approximate surface area is 234 Å². The molecule has 1 aliphatic carbocycles. The van der Waals surface area contributed by atoms with Crippen LogP contribution in [-0.4, -0.2) is 26.6 Å². The molecule has 0 bridgehead atoms. The van der Waals surface area contributed by atoms with Gasteiger partial charge >= 0.3 is 12.4 Å². The van der Waals surface area contributed by atoms with E-state index in [0.717, 1.165) is 10.7 Å². The topological polar surface area (TPSA) is 103 Å². The number of anilines is 1. The zero-order chi connectivity index (χ0) is 29.1. The van der Waals surface area contributed by atoms with E-state index in [1.165, 1.54) is 6.92 Å². The highest BCUT2D eigenvalue weighted by Gasteiger charge is 2.43. The summed E-state index contributed by atoms with van der Waals surface area (Å²) in [7, 11) is 0. The van der Waals surface area contributed by atoms with Gasteiger partial charge in [-0.3, -0.25) is 14.3 Å². The van der Waals surface area contributed by atoms with Crippen molar-refractivity contribution in [3.05, 3.63) is 62.8 Å². The van der Waals surface area contributed by atoms with Gasteiger partial charge in [0.15, 0.2) is 5.69 Å². The van der Waals surface area contributed by atoms with Crippen LogP contribution in [-0.2, 0) is 17.1 Å². The first-order valence-corrected chi connectivity index (χ1v) is 13.3. The van der Waals surface area contributed by atoms with Gasteiger partial charge in [-0.15, -0.1) is 11.3 Å². The molecule has 3 aromatic heterocycles. The monoisotopic (exact) mass is 645 g/mol.